The maximum atomic E-state index is 5.64. The van der Waals surface area contributed by atoms with Crippen LogP contribution in [0.3, 0.4) is 0 Å². The molecule has 0 amide bonds. The minimum absolute atomic E-state index is 0.0313. The zero-order valence-electron chi connectivity index (χ0n) is 14.9. The van der Waals surface area contributed by atoms with Crippen molar-refractivity contribution in [3.8, 4) is 11.5 Å². The Kier molecular flexibility index (Phi) is 4.18. The van der Waals surface area contributed by atoms with Crippen LogP contribution < -0.4 is 5.32 Å². The van der Waals surface area contributed by atoms with Crippen LogP contribution in [0.4, 0.5) is 5.82 Å². The molecule has 2 aromatic heterocycles. The molecule has 1 aromatic carbocycles. The molecule has 0 aliphatic carbocycles. The van der Waals surface area contributed by atoms with Crippen molar-refractivity contribution >= 4 is 5.82 Å². The maximum absolute atomic E-state index is 5.64. The molecule has 5 nitrogen and oxygen atoms in total. The molecule has 3 rings (SSSR count). The molecule has 0 bridgehead atoms. The van der Waals surface area contributed by atoms with E-state index in [0.29, 0.717) is 12.4 Å². The highest BCUT2D eigenvalue weighted by atomic mass is 16.3. The summed E-state index contributed by atoms with van der Waals surface area (Å²) in [5.41, 5.74) is 4.14. The highest BCUT2D eigenvalue weighted by Crippen LogP contribution is 2.25. The normalized spacial score (nSPS) is 11.7. The quantitative estimate of drug-likeness (QED) is 0.777. The second-order valence-electron chi connectivity index (χ2n) is 7.10. The van der Waals surface area contributed by atoms with Crippen molar-refractivity contribution in [3.05, 3.63) is 53.5 Å². The lowest BCUT2D eigenvalue weighted by Crippen LogP contribution is -2.12. The Labute approximate surface area is 142 Å². The summed E-state index contributed by atoms with van der Waals surface area (Å²) in [6, 6.07) is 10.2. The van der Waals surface area contributed by atoms with Crippen molar-refractivity contribution in [1.82, 2.24) is 14.8 Å². The molecule has 0 radical (unpaired) electrons. The Hall–Kier alpha value is -2.56. The van der Waals surface area contributed by atoms with Crippen LogP contribution in [0.5, 0.6) is 0 Å². The average molecular weight is 324 g/mol. The number of aromatic nitrogens is 3. The van der Waals surface area contributed by atoms with Gasteiger partial charge in [-0.2, -0.15) is 5.10 Å². The molecule has 0 fully saturated rings. The van der Waals surface area contributed by atoms with Crippen LogP contribution in [-0.2, 0) is 19.0 Å². The Balaban J connectivity index is 1.73. The van der Waals surface area contributed by atoms with E-state index in [2.05, 4.69) is 55.2 Å². The van der Waals surface area contributed by atoms with Gasteiger partial charge in [0.05, 0.1) is 17.9 Å². The number of hydrogen-bond donors (Lipinski definition) is 1. The molecule has 0 aliphatic rings. The number of benzene rings is 1. The fourth-order valence-corrected chi connectivity index (χ4v) is 2.51. The number of anilines is 1. The van der Waals surface area contributed by atoms with Gasteiger partial charge in [0.25, 0.3) is 0 Å². The van der Waals surface area contributed by atoms with E-state index < -0.39 is 0 Å². The lowest BCUT2D eigenvalue weighted by molar-refractivity contribution is 0.553. The van der Waals surface area contributed by atoms with Crippen LogP contribution in [0.1, 0.15) is 37.7 Å². The Bertz CT molecular complexity index is 839. The highest BCUT2D eigenvalue weighted by Gasteiger charge is 2.19. The van der Waals surface area contributed by atoms with Gasteiger partial charge in [0.1, 0.15) is 12.1 Å². The molecule has 0 unspecified atom stereocenters. The summed E-state index contributed by atoms with van der Waals surface area (Å²) in [6.07, 6.45) is 1.70. The summed E-state index contributed by atoms with van der Waals surface area (Å²) in [5.74, 6) is 1.63. The molecule has 0 spiro atoms. The number of nitrogens with one attached hydrogen (secondary N) is 1. The molecule has 24 heavy (non-hydrogen) atoms. The average Bonchev–Trinajstić information content (AvgIpc) is 3.12. The second kappa shape index (κ2) is 6.15. The predicted molar refractivity (Wildman–Crippen MR) is 95.9 cm³/mol. The van der Waals surface area contributed by atoms with Gasteiger partial charge in [0.15, 0.2) is 0 Å². The third-order valence-corrected chi connectivity index (χ3v) is 4.03. The van der Waals surface area contributed by atoms with Gasteiger partial charge < -0.3 is 9.73 Å². The van der Waals surface area contributed by atoms with E-state index in [1.54, 1.807) is 6.26 Å². The molecular formula is C19H24N4O. The standard InChI is InChI=1S/C19H24N4O/c1-13-8-6-7-9-15(13)18-21-14(12-24-18)11-20-17-10-16(19(2,3)4)22-23(17)5/h6-10,12,20H,11H2,1-5H3. The monoisotopic (exact) mass is 324 g/mol. The molecular weight excluding hydrogens is 300 g/mol. The third kappa shape index (κ3) is 3.35. The number of nitrogens with zero attached hydrogens (tertiary/aromatic N) is 3. The summed E-state index contributed by atoms with van der Waals surface area (Å²) in [6.45, 7) is 9.13. The lowest BCUT2D eigenvalue weighted by Gasteiger charge is -2.13. The highest BCUT2D eigenvalue weighted by molar-refractivity contribution is 5.58. The number of hydrogen-bond acceptors (Lipinski definition) is 4. The summed E-state index contributed by atoms with van der Waals surface area (Å²) < 4.78 is 7.50. The van der Waals surface area contributed by atoms with E-state index in [0.717, 1.165) is 28.3 Å². The van der Waals surface area contributed by atoms with E-state index in [4.69, 9.17) is 4.42 Å². The van der Waals surface area contributed by atoms with Crippen molar-refractivity contribution in [3.63, 3.8) is 0 Å². The molecule has 2 heterocycles. The SMILES string of the molecule is Cc1ccccc1-c1nc(CNc2cc(C(C)(C)C)nn2C)co1. The van der Waals surface area contributed by atoms with Crippen LogP contribution >= 0.6 is 0 Å². The van der Waals surface area contributed by atoms with Crippen LogP contribution in [0.2, 0.25) is 0 Å². The molecule has 5 heteroatoms. The fourth-order valence-electron chi connectivity index (χ4n) is 2.51. The Morgan fingerprint density at radius 1 is 1.21 bits per heavy atom. The van der Waals surface area contributed by atoms with Crippen molar-refractivity contribution < 1.29 is 4.42 Å². The van der Waals surface area contributed by atoms with E-state index in [1.165, 1.54) is 0 Å². The number of oxazole rings is 1. The summed E-state index contributed by atoms with van der Waals surface area (Å²) >= 11 is 0. The zero-order valence-corrected chi connectivity index (χ0v) is 14.9. The van der Waals surface area contributed by atoms with Crippen molar-refractivity contribution in [2.75, 3.05) is 5.32 Å². The second-order valence-corrected chi connectivity index (χ2v) is 7.10. The van der Waals surface area contributed by atoms with Gasteiger partial charge in [-0.1, -0.05) is 39.0 Å². The molecule has 0 aliphatic heterocycles. The van der Waals surface area contributed by atoms with Gasteiger partial charge in [0.2, 0.25) is 5.89 Å². The first-order valence-corrected chi connectivity index (χ1v) is 8.13. The summed E-state index contributed by atoms with van der Waals surface area (Å²) in [7, 11) is 1.94. The van der Waals surface area contributed by atoms with Gasteiger partial charge in [-0.15, -0.1) is 0 Å². The van der Waals surface area contributed by atoms with E-state index in [1.807, 2.05) is 29.9 Å². The van der Waals surface area contributed by atoms with Crippen LogP contribution in [-0.4, -0.2) is 14.8 Å². The summed E-state index contributed by atoms with van der Waals surface area (Å²) in [4.78, 5) is 4.58. The lowest BCUT2D eigenvalue weighted by atomic mass is 9.92. The molecule has 0 saturated heterocycles. The minimum Gasteiger partial charge on any atom is -0.444 e. The molecule has 126 valence electrons. The van der Waals surface area contributed by atoms with E-state index in [9.17, 15) is 0 Å². The van der Waals surface area contributed by atoms with Crippen molar-refractivity contribution in [1.29, 1.82) is 0 Å². The molecule has 0 saturated carbocycles. The number of aryl methyl sites for hydroxylation is 2. The van der Waals surface area contributed by atoms with Gasteiger partial charge in [-0.05, 0) is 18.6 Å². The molecule has 0 atom stereocenters. The maximum Gasteiger partial charge on any atom is 0.226 e. The topological polar surface area (TPSA) is 55.9 Å². The fraction of sp³-hybridized carbons (Fsp3) is 0.368. The zero-order chi connectivity index (χ0) is 17.3. The van der Waals surface area contributed by atoms with Gasteiger partial charge in [-0.3, -0.25) is 4.68 Å². The largest absolute Gasteiger partial charge is 0.444 e. The number of rotatable bonds is 4. The van der Waals surface area contributed by atoms with Crippen molar-refractivity contribution in [2.24, 2.45) is 7.05 Å². The Morgan fingerprint density at radius 2 is 1.96 bits per heavy atom. The Morgan fingerprint density at radius 3 is 2.62 bits per heavy atom. The van der Waals surface area contributed by atoms with Gasteiger partial charge in [0, 0.05) is 24.1 Å². The van der Waals surface area contributed by atoms with Gasteiger partial charge in [-0.25, -0.2) is 4.98 Å². The van der Waals surface area contributed by atoms with Crippen molar-refractivity contribution in [2.45, 2.75) is 39.7 Å². The minimum atomic E-state index is 0.0313. The van der Waals surface area contributed by atoms with Crippen LogP contribution in [0.25, 0.3) is 11.5 Å². The molecule has 1 N–H and O–H groups in total. The first-order chi connectivity index (χ1) is 11.3. The van der Waals surface area contributed by atoms with Gasteiger partial charge >= 0.3 is 0 Å². The first kappa shape index (κ1) is 16.3. The predicted octanol–water partition coefficient (Wildman–Crippen LogP) is 4.29. The molecule has 3 aromatic rings. The smallest absolute Gasteiger partial charge is 0.226 e. The van der Waals surface area contributed by atoms with Crippen LogP contribution in [0.15, 0.2) is 41.0 Å². The third-order valence-electron chi connectivity index (χ3n) is 4.03. The summed E-state index contributed by atoms with van der Waals surface area (Å²) in [5, 5.41) is 7.95. The van der Waals surface area contributed by atoms with E-state index >= 15 is 0 Å². The van der Waals surface area contributed by atoms with Crippen LogP contribution in [0, 0.1) is 6.92 Å². The van der Waals surface area contributed by atoms with E-state index in [-0.39, 0.29) is 5.41 Å². The first-order valence-electron chi connectivity index (χ1n) is 8.13.